The van der Waals surface area contributed by atoms with Crippen molar-refractivity contribution in [3.05, 3.63) is 59.7 Å². The highest BCUT2D eigenvalue weighted by Crippen LogP contribution is 2.37. The molecule has 0 atom stereocenters. The molecule has 0 unspecified atom stereocenters. The molecule has 1 aliphatic rings. The van der Waals surface area contributed by atoms with Gasteiger partial charge in [0.15, 0.2) is 0 Å². The number of hydrogen-bond donors (Lipinski definition) is 0. The number of aldehydes is 1. The Bertz CT molecular complexity index is 686. The summed E-state index contributed by atoms with van der Waals surface area (Å²) in [5.41, 5.74) is 4.43. The molecule has 2 aromatic rings. The molecule has 0 N–H and O–H groups in total. The summed E-state index contributed by atoms with van der Waals surface area (Å²) in [4.78, 5) is 10.6. The molecule has 0 radical (unpaired) electrons. The molecule has 1 fully saturated rings. The molecular formula is C21H21NO. The summed E-state index contributed by atoms with van der Waals surface area (Å²) >= 11 is 0. The van der Waals surface area contributed by atoms with Crippen LogP contribution in [0.3, 0.4) is 0 Å². The van der Waals surface area contributed by atoms with Crippen molar-refractivity contribution >= 4 is 6.29 Å². The summed E-state index contributed by atoms with van der Waals surface area (Å²) < 4.78 is 0. The van der Waals surface area contributed by atoms with Crippen LogP contribution < -0.4 is 0 Å². The fraction of sp³-hybridized carbons (Fsp3) is 0.333. The molecule has 2 nitrogen and oxygen atoms in total. The molecule has 0 heterocycles. The fourth-order valence-electron chi connectivity index (χ4n) is 3.55. The zero-order chi connectivity index (χ0) is 16.1. The average Bonchev–Trinajstić information content (AvgIpc) is 2.63. The number of nitrogens with zero attached hydrogens (tertiary/aromatic N) is 1. The Kier molecular flexibility index (Phi) is 4.88. The minimum Gasteiger partial charge on any atom is -0.303 e. The molecule has 0 saturated heterocycles. The van der Waals surface area contributed by atoms with Gasteiger partial charge in [0.25, 0.3) is 0 Å². The lowest BCUT2D eigenvalue weighted by molar-refractivity contribution is -0.108. The van der Waals surface area contributed by atoms with Gasteiger partial charge in [-0.15, -0.1) is 0 Å². The van der Waals surface area contributed by atoms with Crippen molar-refractivity contribution < 1.29 is 4.79 Å². The van der Waals surface area contributed by atoms with Gasteiger partial charge in [0, 0.05) is 6.42 Å². The molecule has 1 saturated carbocycles. The summed E-state index contributed by atoms with van der Waals surface area (Å²) in [7, 11) is 0. The van der Waals surface area contributed by atoms with Crippen molar-refractivity contribution in [2.75, 3.05) is 0 Å². The van der Waals surface area contributed by atoms with E-state index in [-0.39, 0.29) is 0 Å². The van der Waals surface area contributed by atoms with Crippen molar-refractivity contribution in [3.63, 3.8) is 0 Å². The summed E-state index contributed by atoms with van der Waals surface area (Å²) in [6, 6.07) is 18.7. The first kappa shape index (κ1) is 15.5. The summed E-state index contributed by atoms with van der Waals surface area (Å²) in [6.45, 7) is 0. The molecule has 3 rings (SSSR count). The second-order valence-corrected chi connectivity index (χ2v) is 6.43. The number of benzene rings is 2. The van der Waals surface area contributed by atoms with Crippen LogP contribution in [0.1, 0.15) is 49.1 Å². The Morgan fingerprint density at radius 3 is 2.00 bits per heavy atom. The molecule has 1 aliphatic carbocycles. The molecular weight excluding hydrogens is 282 g/mol. The topological polar surface area (TPSA) is 40.9 Å². The average molecular weight is 303 g/mol. The van der Waals surface area contributed by atoms with E-state index in [2.05, 4.69) is 30.3 Å². The van der Waals surface area contributed by atoms with Gasteiger partial charge in [0.2, 0.25) is 0 Å². The van der Waals surface area contributed by atoms with Crippen LogP contribution in [0.25, 0.3) is 11.1 Å². The Morgan fingerprint density at radius 1 is 0.913 bits per heavy atom. The van der Waals surface area contributed by atoms with Gasteiger partial charge >= 0.3 is 0 Å². The normalized spacial score (nSPS) is 20.7. The van der Waals surface area contributed by atoms with Crippen LogP contribution in [0.4, 0.5) is 0 Å². The second kappa shape index (κ2) is 7.24. The first-order valence-electron chi connectivity index (χ1n) is 8.34. The minimum atomic E-state index is 0.599. The lowest BCUT2D eigenvalue weighted by Crippen LogP contribution is -2.13. The summed E-state index contributed by atoms with van der Waals surface area (Å²) in [6.07, 6.45) is 6.51. The van der Waals surface area contributed by atoms with E-state index >= 15 is 0 Å². The largest absolute Gasteiger partial charge is 0.303 e. The Labute approximate surface area is 137 Å². The van der Waals surface area contributed by atoms with Gasteiger partial charge in [0.05, 0.1) is 11.6 Å². The third-order valence-electron chi connectivity index (χ3n) is 5.01. The van der Waals surface area contributed by atoms with Gasteiger partial charge in [-0.1, -0.05) is 36.4 Å². The highest BCUT2D eigenvalue weighted by atomic mass is 16.1. The lowest BCUT2D eigenvalue weighted by atomic mass is 9.77. The molecule has 2 aromatic carbocycles. The van der Waals surface area contributed by atoms with Gasteiger partial charge in [0.1, 0.15) is 6.29 Å². The van der Waals surface area contributed by atoms with Crippen LogP contribution in [0.15, 0.2) is 48.5 Å². The van der Waals surface area contributed by atoms with Crippen molar-refractivity contribution in [3.8, 4) is 17.2 Å². The maximum Gasteiger partial charge on any atom is 0.120 e. The number of rotatable bonds is 4. The first-order chi connectivity index (χ1) is 11.3. The van der Waals surface area contributed by atoms with Gasteiger partial charge < -0.3 is 4.79 Å². The van der Waals surface area contributed by atoms with E-state index in [1.807, 2.05) is 24.3 Å². The van der Waals surface area contributed by atoms with Gasteiger partial charge in [-0.3, -0.25) is 0 Å². The van der Waals surface area contributed by atoms with E-state index in [1.165, 1.54) is 36.8 Å². The smallest absolute Gasteiger partial charge is 0.120 e. The minimum absolute atomic E-state index is 0.599. The Hall–Kier alpha value is -2.40. The standard InChI is InChI=1S/C21H21NO/c22-15-17-3-7-19(8-4-17)21-11-9-20(10-12-21)18-5-1-16(2-6-18)13-14-23/h3-4,7-12,14,16,18H,1-2,5-6,13H2. The number of carbonyl (C=O) groups excluding carboxylic acids is 1. The lowest BCUT2D eigenvalue weighted by Gasteiger charge is -2.27. The number of hydrogen-bond acceptors (Lipinski definition) is 2. The number of carbonyl (C=O) groups is 1. The molecule has 2 heteroatoms. The molecule has 23 heavy (non-hydrogen) atoms. The van der Waals surface area contributed by atoms with Gasteiger partial charge in [-0.05, 0) is 66.3 Å². The van der Waals surface area contributed by atoms with E-state index in [9.17, 15) is 4.79 Å². The molecule has 0 aromatic heterocycles. The molecule has 116 valence electrons. The number of nitriles is 1. The van der Waals surface area contributed by atoms with E-state index in [0.29, 0.717) is 17.4 Å². The maximum atomic E-state index is 10.6. The molecule has 0 aliphatic heterocycles. The highest BCUT2D eigenvalue weighted by molar-refractivity contribution is 5.64. The highest BCUT2D eigenvalue weighted by Gasteiger charge is 2.21. The molecule has 0 amide bonds. The Morgan fingerprint density at radius 2 is 1.48 bits per heavy atom. The fourth-order valence-corrected chi connectivity index (χ4v) is 3.55. The van der Waals surface area contributed by atoms with Crippen LogP contribution >= 0.6 is 0 Å². The maximum absolute atomic E-state index is 10.6. The Balaban J connectivity index is 1.67. The first-order valence-corrected chi connectivity index (χ1v) is 8.34. The van der Waals surface area contributed by atoms with Gasteiger partial charge in [-0.2, -0.15) is 5.26 Å². The predicted octanol–water partition coefficient (Wildman–Crippen LogP) is 5.09. The molecule has 0 bridgehead atoms. The molecule has 0 spiro atoms. The van der Waals surface area contributed by atoms with Gasteiger partial charge in [-0.25, -0.2) is 0 Å². The zero-order valence-corrected chi connectivity index (χ0v) is 13.2. The van der Waals surface area contributed by atoms with Crippen LogP contribution in [-0.4, -0.2) is 6.29 Å². The van der Waals surface area contributed by atoms with Crippen molar-refractivity contribution in [2.24, 2.45) is 5.92 Å². The van der Waals surface area contributed by atoms with Crippen molar-refractivity contribution in [1.82, 2.24) is 0 Å². The van der Waals surface area contributed by atoms with Crippen LogP contribution in [0.2, 0.25) is 0 Å². The second-order valence-electron chi connectivity index (χ2n) is 6.43. The van der Waals surface area contributed by atoms with Crippen molar-refractivity contribution in [1.29, 1.82) is 5.26 Å². The third kappa shape index (κ3) is 3.68. The summed E-state index contributed by atoms with van der Waals surface area (Å²) in [5, 5.41) is 8.86. The predicted molar refractivity (Wildman–Crippen MR) is 92.0 cm³/mol. The third-order valence-corrected chi connectivity index (χ3v) is 5.01. The van der Waals surface area contributed by atoms with E-state index < -0.39 is 0 Å². The van der Waals surface area contributed by atoms with E-state index in [1.54, 1.807) is 0 Å². The van der Waals surface area contributed by atoms with Crippen LogP contribution in [0, 0.1) is 17.2 Å². The van der Waals surface area contributed by atoms with Crippen LogP contribution in [0.5, 0.6) is 0 Å². The zero-order valence-electron chi connectivity index (χ0n) is 13.2. The van der Waals surface area contributed by atoms with E-state index in [0.717, 1.165) is 18.3 Å². The monoisotopic (exact) mass is 303 g/mol. The SMILES string of the molecule is N#Cc1ccc(-c2ccc(C3CCC(CC=O)CC3)cc2)cc1. The van der Waals surface area contributed by atoms with Crippen LogP contribution in [-0.2, 0) is 4.79 Å². The van der Waals surface area contributed by atoms with E-state index in [4.69, 9.17) is 5.26 Å². The quantitative estimate of drug-likeness (QED) is 0.738. The summed E-state index contributed by atoms with van der Waals surface area (Å²) in [5.74, 6) is 1.23. The van der Waals surface area contributed by atoms with Crippen molar-refractivity contribution in [2.45, 2.75) is 38.0 Å².